The molecule has 0 spiro atoms. The molecule has 6 saturated heterocycles. The highest BCUT2D eigenvalue weighted by Gasteiger charge is 2.33. The van der Waals surface area contributed by atoms with Gasteiger partial charge in [-0.05, 0) is 222 Å². The molecule has 0 aliphatic carbocycles. The number of fused-ring (bicyclic) bond motifs is 3. The van der Waals surface area contributed by atoms with Crippen LogP contribution < -0.4 is 76.9 Å². The van der Waals surface area contributed by atoms with Gasteiger partial charge in [-0.3, -0.25) is 38.9 Å². The number of hydrogen-bond donors (Lipinski definition) is 17. The monoisotopic (exact) mass is 1910 g/mol. The van der Waals surface area contributed by atoms with Crippen LogP contribution in [0.4, 0.5) is 39.3 Å². The molecular formula is C99H127BrN24O11. The van der Waals surface area contributed by atoms with Gasteiger partial charge in [-0.25, -0.2) is 24.5 Å². The van der Waals surface area contributed by atoms with Crippen molar-refractivity contribution >= 4 is 160 Å². The number of β-amino-alcohol motifs (C(OH)–C–C–N with tert-alkyl or cyclic N) is 1. The number of allylic oxidation sites excluding steroid dienone is 3. The number of hydrogen-bond acceptors (Lipinski definition) is 28. The van der Waals surface area contributed by atoms with Crippen LogP contribution in [0.3, 0.4) is 0 Å². The number of carboxylic acid groups (broad SMARTS) is 1. The molecule has 0 bridgehead atoms. The van der Waals surface area contributed by atoms with E-state index in [1.807, 2.05) is 87.5 Å². The zero-order chi connectivity index (χ0) is 96.7. The van der Waals surface area contributed by atoms with E-state index in [0.29, 0.717) is 126 Å². The summed E-state index contributed by atoms with van der Waals surface area (Å²) in [6.07, 6.45) is 21.7. The number of alkyl halides is 1. The molecule has 15 rings (SSSR count). The first-order chi connectivity index (χ1) is 65.1. The molecule has 3 atom stereocenters. The molecule has 9 aromatic rings. The van der Waals surface area contributed by atoms with E-state index in [4.69, 9.17) is 54.5 Å². The Morgan fingerprint density at radius 3 is 1.13 bits per heavy atom. The normalized spacial score (nSPS) is 17.6. The van der Waals surface area contributed by atoms with Crippen LogP contribution in [0.25, 0.3) is 49.0 Å². The predicted molar refractivity (Wildman–Crippen MR) is 542 cm³/mol. The Hall–Kier alpha value is -13.7. The number of ether oxygens (including phenoxy) is 1. The minimum atomic E-state index is -0.921. The number of amides is 6. The van der Waals surface area contributed by atoms with Gasteiger partial charge in [-0.1, -0.05) is 52.3 Å². The summed E-state index contributed by atoms with van der Waals surface area (Å²) < 4.78 is 5.43. The molecule has 3 aromatic heterocycles. The highest BCUT2D eigenvalue weighted by Crippen LogP contribution is 2.31. The third kappa shape index (κ3) is 29.2. The van der Waals surface area contributed by atoms with Crippen molar-refractivity contribution in [2.45, 2.75) is 120 Å². The maximum Gasteiger partial charge on any atom is 0.410 e. The van der Waals surface area contributed by atoms with Gasteiger partial charge < -0.3 is 117 Å². The summed E-state index contributed by atoms with van der Waals surface area (Å²) in [5.41, 5.74) is 43.8. The van der Waals surface area contributed by atoms with E-state index in [1.165, 1.54) is 18.6 Å². The second kappa shape index (κ2) is 49.9. The summed E-state index contributed by atoms with van der Waals surface area (Å²) in [5.74, 6) is -1.48. The number of benzene rings is 6. The zero-order valence-electron chi connectivity index (χ0n) is 77.4. The van der Waals surface area contributed by atoms with Gasteiger partial charge in [0, 0.05) is 246 Å². The van der Waals surface area contributed by atoms with Gasteiger partial charge in [0.05, 0.1) is 35.5 Å². The Labute approximate surface area is 795 Å². The lowest BCUT2D eigenvalue weighted by atomic mass is 10.0. The number of carboxylic acids is 1. The lowest BCUT2D eigenvalue weighted by Crippen LogP contribution is -2.44. The van der Waals surface area contributed by atoms with Crippen LogP contribution in [0.1, 0.15) is 157 Å². The Balaban J connectivity index is 0.000000176. The Kier molecular flexibility index (Phi) is 37.7. The fourth-order valence-corrected chi connectivity index (χ4v) is 16.6. The second-order valence-electron chi connectivity index (χ2n) is 34.7. The number of nitrogen functional groups attached to an aromatic ring is 3. The summed E-state index contributed by atoms with van der Waals surface area (Å²) in [6, 6.07) is 41.1. The van der Waals surface area contributed by atoms with Crippen LogP contribution in [-0.2, 0) is 4.74 Å². The molecule has 0 radical (unpaired) electrons. The minimum absolute atomic E-state index is 0.0460. The molecule has 9 heterocycles. The van der Waals surface area contributed by atoms with E-state index < -0.39 is 11.6 Å². The first-order valence-electron chi connectivity index (χ1n) is 45.5. The first-order valence-corrected chi connectivity index (χ1v) is 46.6. The van der Waals surface area contributed by atoms with Crippen molar-refractivity contribution in [3.8, 4) is 0 Å². The van der Waals surface area contributed by atoms with Crippen molar-refractivity contribution in [3.63, 3.8) is 0 Å². The minimum Gasteiger partial charge on any atom is -0.478 e. The van der Waals surface area contributed by atoms with Crippen molar-refractivity contribution in [2.75, 3.05) is 158 Å². The van der Waals surface area contributed by atoms with Gasteiger partial charge in [-0.2, -0.15) is 0 Å². The smallest absolute Gasteiger partial charge is 0.410 e. The number of nitrogens with one attached hydrogen (secondary N) is 8. The van der Waals surface area contributed by atoms with E-state index >= 15 is 0 Å². The number of aromatic nitrogens is 3. The topological polar surface area (TPSA) is 530 Å². The molecule has 6 amide bonds. The van der Waals surface area contributed by atoms with Crippen LogP contribution in [0, 0.1) is 0 Å². The SMILES string of the molecule is CC(C)(C)OC(=O)N1CCC(Nc2ccc3cc(C(=O)O)ccc3c2)CC1.CN=CC(=CN)c1cnc(N)c(C(=O)N[C@@H]2CCN(C(=O)c3ccc4cc(NC5CCN(CCO)CC5)ccc4c3)C2)c1.CN=CC(=CN)c1cnc(N)c(C(=O)N[C@@H]2CCN(C(=O)c3ccc4cc(NC5CCNCC5)ccc4c3)C2)c1.CN=CC(=CN)c1cnc(N)c(C(=O)N[C@@H]2CCNC2)c1.OCCBr. The third-order valence-electron chi connectivity index (χ3n) is 23.8. The summed E-state index contributed by atoms with van der Waals surface area (Å²) in [5, 5.41) is 59.2. The molecule has 135 heavy (non-hydrogen) atoms. The average molecular weight is 1910 g/mol. The van der Waals surface area contributed by atoms with Crippen molar-refractivity contribution in [1.29, 1.82) is 0 Å². The quantitative estimate of drug-likeness (QED) is 0.0198. The van der Waals surface area contributed by atoms with Crippen LogP contribution >= 0.6 is 15.9 Å². The average Bonchev–Trinajstić information content (AvgIpc) is 1.74. The van der Waals surface area contributed by atoms with Crippen LogP contribution in [0.2, 0.25) is 0 Å². The molecule has 0 unspecified atom stereocenters. The largest absolute Gasteiger partial charge is 0.478 e. The predicted octanol–water partition coefficient (Wildman–Crippen LogP) is 9.43. The van der Waals surface area contributed by atoms with E-state index in [-0.39, 0.29) is 101 Å². The maximum atomic E-state index is 13.4. The maximum absolute atomic E-state index is 13.4. The highest BCUT2D eigenvalue weighted by molar-refractivity contribution is 9.09. The number of carbonyl (C=O) groups excluding carboxylic acids is 6. The summed E-state index contributed by atoms with van der Waals surface area (Å²) in [6.45, 7) is 15.8. The second-order valence-corrected chi connectivity index (χ2v) is 35.5. The number of pyridine rings is 3. The number of aromatic carboxylic acids is 1. The number of carbonyl (C=O) groups is 7. The fourth-order valence-electron chi connectivity index (χ4n) is 16.6. The number of aliphatic imine (C=N–C) groups is 3. The molecular weight excluding hydrogens is 1780 g/mol. The molecule has 6 aliphatic heterocycles. The lowest BCUT2D eigenvalue weighted by molar-refractivity contribution is 0.0209. The molecule has 0 saturated carbocycles. The first kappa shape index (κ1) is 102. The number of anilines is 6. The van der Waals surface area contributed by atoms with E-state index in [9.17, 15) is 33.6 Å². The summed E-state index contributed by atoms with van der Waals surface area (Å²) in [4.78, 5) is 120. The van der Waals surface area contributed by atoms with Gasteiger partial charge in [0.2, 0.25) is 0 Å². The van der Waals surface area contributed by atoms with Gasteiger partial charge in [0.25, 0.3) is 29.5 Å². The number of halogens is 1. The van der Waals surface area contributed by atoms with Gasteiger partial charge in [0.15, 0.2) is 0 Å². The van der Waals surface area contributed by atoms with E-state index in [1.54, 1.807) is 103 Å². The van der Waals surface area contributed by atoms with Crippen LogP contribution in [0.15, 0.2) is 180 Å². The van der Waals surface area contributed by atoms with Crippen molar-refractivity contribution in [3.05, 3.63) is 215 Å². The molecule has 36 heteroatoms. The van der Waals surface area contributed by atoms with E-state index in [0.717, 1.165) is 140 Å². The zero-order valence-corrected chi connectivity index (χ0v) is 79.0. The molecule has 23 N–H and O–H groups in total. The van der Waals surface area contributed by atoms with Gasteiger partial charge >= 0.3 is 12.1 Å². The molecule has 6 fully saturated rings. The molecule has 35 nitrogen and oxygen atoms in total. The van der Waals surface area contributed by atoms with Crippen molar-refractivity contribution in [2.24, 2.45) is 32.2 Å². The fraction of sp³-hybridized carbons (Fsp3) is 0.384. The van der Waals surface area contributed by atoms with E-state index in [2.05, 4.69) is 124 Å². The number of likely N-dealkylation sites (tertiary alicyclic amines) is 4. The summed E-state index contributed by atoms with van der Waals surface area (Å²) in [7, 11) is 4.92. The van der Waals surface area contributed by atoms with Crippen LogP contribution in [-0.4, -0.2) is 277 Å². The number of rotatable bonds is 24. The Bertz CT molecular complexity index is 5810. The highest BCUT2D eigenvalue weighted by atomic mass is 79.9. The van der Waals surface area contributed by atoms with Crippen LogP contribution in [0.5, 0.6) is 0 Å². The molecule has 716 valence electrons. The number of nitrogens with two attached hydrogens (primary N) is 6. The van der Waals surface area contributed by atoms with Gasteiger partial charge in [-0.15, -0.1) is 0 Å². The van der Waals surface area contributed by atoms with Gasteiger partial charge in [0.1, 0.15) is 23.1 Å². The lowest BCUT2D eigenvalue weighted by Gasteiger charge is -2.34. The van der Waals surface area contributed by atoms with Crippen molar-refractivity contribution in [1.82, 2.24) is 61.1 Å². The Morgan fingerprint density at radius 2 is 0.778 bits per heavy atom. The van der Waals surface area contributed by atoms with Crippen molar-refractivity contribution < 1.29 is 53.6 Å². The Morgan fingerprint density at radius 1 is 0.444 bits per heavy atom. The third-order valence-corrected chi connectivity index (χ3v) is 24.2. The number of aliphatic hydroxyl groups is 2. The molecule has 6 aliphatic rings. The number of piperidine rings is 3. The standard InChI is InChI=1S/C32H40N8O3.C30H36N8O2.C21H26N2O4.C14H20N6O.C2H5BrO/c1-35-18-25(17-33)24-16-29(30(34)36-19-24)31(42)38-28-8-11-40(20-28)32(43)23-3-2-22-15-27(5-4-21(22)14-23)37-26-6-9-39(10-7-26)12-13-41;1-33-16-23(15-31)22-14-27(28(32)35-17-22)29(39)37-26-8-11-38(18-26)30(40)21-3-2-20-13-25(5-4-19(20)12-21)36-24-6-9-34-10-7-24;1-21(2,3)27-20(26)23-10-8-17(9-11-23)22-18-7-6-14-12-16(19(24)25)5-4-15(14)13-18;1-17-6-10(5-15)9-4-12(13(16)19-7-9)14(21)20-11-2-3-18-8-11;3-1-2-4/h2-5,14-19,26,28,37,41H,6-13,20,33H2,1H3,(H2,34,36)(H,38,42);2-5,12-17,24,26,34,36H,6-11,18,31H2,1H3,(H2,32,35)(H,37,39);4-7,12-13,17,22H,8-11H2,1-3H3,(H,24,25);4-7,11,18H,2-3,8,15H2,1H3,(H2,16,19)(H,20,21);4H,1-2H2/t28-;26-;;11-;/m11.1./s1. The number of aliphatic hydroxyl groups excluding tert-OH is 2. The summed E-state index contributed by atoms with van der Waals surface area (Å²) >= 11 is 3.00. The molecule has 6 aromatic carbocycles. The number of nitrogens with zero attached hydrogens (tertiary/aromatic N) is 10.